The van der Waals surface area contributed by atoms with E-state index in [0.717, 1.165) is 18.9 Å². The molecule has 0 spiro atoms. The molecule has 88 valence electrons. The van der Waals surface area contributed by atoms with Gasteiger partial charge in [0.25, 0.3) is 5.91 Å². The summed E-state index contributed by atoms with van der Waals surface area (Å²) in [5.41, 5.74) is 2.15. The molecule has 0 unspecified atom stereocenters. The average molecular weight is 225 g/mol. The number of hydrazine groups is 1. The van der Waals surface area contributed by atoms with Crippen LogP contribution in [0, 0.1) is 5.92 Å². The van der Waals surface area contributed by atoms with Gasteiger partial charge in [-0.3, -0.25) is 10.2 Å². The molecule has 1 fully saturated rings. The molecule has 0 aromatic carbocycles. The van der Waals surface area contributed by atoms with E-state index in [-0.39, 0.29) is 5.69 Å². The third kappa shape index (κ3) is 3.04. The third-order valence-corrected chi connectivity index (χ3v) is 2.53. The Kier molecular flexibility index (Phi) is 3.53. The quantitative estimate of drug-likeness (QED) is 0.320. The highest BCUT2D eigenvalue weighted by Gasteiger charge is 2.20. The van der Waals surface area contributed by atoms with Crippen molar-refractivity contribution in [2.24, 2.45) is 11.8 Å². The topological polar surface area (TPSA) is 90.4 Å². The van der Waals surface area contributed by atoms with Crippen LogP contribution >= 0.6 is 0 Å². The number of nitrogen functional groups attached to an aromatic ring is 1. The summed E-state index contributed by atoms with van der Waals surface area (Å²) in [5, 5.41) is 3.57. The molecule has 0 aliphatic heterocycles. The molecule has 1 aromatic rings. The maximum absolute atomic E-state index is 11.1. The lowest BCUT2D eigenvalue weighted by atomic mass is 10.3. The van der Waals surface area contributed by atoms with Gasteiger partial charge in [-0.2, -0.15) is 0 Å². The molecular weight excluding hydrogens is 210 g/mol. The minimum absolute atomic E-state index is 0.170. The number of ether oxygens (including phenoxy) is 1. The van der Waals surface area contributed by atoms with Crippen molar-refractivity contribution in [1.82, 2.24) is 10.6 Å². The van der Waals surface area contributed by atoms with Crippen LogP contribution in [0.4, 0.5) is 0 Å². The number of nitrogens with one attached hydrogen (secondary N) is 1. The molecule has 1 saturated carbocycles. The van der Waals surface area contributed by atoms with E-state index in [4.69, 9.17) is 15.1 Å². The monoisotopic (exact) mass is 225 g/mol. The first kappa shape index (κ1) is 11.1. The van der Waals surface area contributed by atoms with E-state index < -0.39 is 5.91 Å². The van der Waals surface area contributed by atoms with Gasteiger partial charge in [-0.1, -0.05) is 18.0 Å². The van der Waals surface area contributed by atoms with Crippen molar-refractivity contribution < 1.29 is 14.1 Å². The van der Waals surface area contributed by atoms with Crippen molar-refractivity contribution in [3.63, 3.8) is 0 Å². The summed E-state index contributed by atoms with van der Waals surface area (Å²) < 4.78 is 10.3. The summed E-state index contributed by atoms with van der Waals surface area (Å²) >= 11 is 0. The molecule has 1 heterocycles. The van der Waals surface area contributed by atoms with E-state index in [1.165, 1.54) is 18.9 Å². The van der Waals surface area contributed by atoms with Crippen LogP contribution in [-0.4, -0.2) is 17.7 Å². The Morgan fingerprint density at radius 3 is 3.19 bits per heavy atom. The average Bonchev–Trinajstić information content (AvgIpc) is 3.01. The minimum atomic E-state index is -0.465. The van der Waals surface area contributed by atoms with E-state index in [1.54, 1.807) is 0 Å². The molecule has 16 heavy (non-hydrogen) atoms. The van der Waals surface area contributed by atoms with E-state index in [2.05, 4.69) is 5.16 Å². The zero-order valence-electron chi connectivity index (χ0n) is 8.94. The molecule has 1 aromatic heterocycles. The van der Waals surface area contributed by atoms with Crippen molar-refractivity contribution in [2.45, 2.75) is 25.9 Å². The number of hydrogen-bond donors (Lipinski definition) is 2. The lowest BCUT2D eigenvalue weighted by Gasteiger charge is -1.99. The predicted octanol–water partition coefficient (Wildman–Crippen LogP) is 0.595. The molecule has 1 aliphatic carbocycles. The molecule has 6 nitrogen and oxygen atoms in total. The summed E-state index contributed by atoms with van der Waals surface area (Å²) in [6.07, 6.45) is 3.75. The number of carbonyl (C=O) groups excluding carboxylic acids is 1. The first-order valence-electron chi connectivity index (χ1n) is 5.34. The van der Waals surface area contributed by atoms with Gasteiger partial charge in [0.05, 0.1) is 0 Å². The summed E-state index contributed by atoms with van der Waals surface area (Å²) in [6, 6.07) is 1.53. The van der Waals surface area contributed by atoms with E-state index in [0.29, 0.717) is 12.4 Å². The lowest BCUT2D eigenvalue weighted by molar-refractivity contribution is 0.0930. The van der Waals surface area contributed by atoms with Crippen molar-refractivity contribution in [2.75, 3.05) is 6.61 Å². The zero-order chi connectivity index (χ0) is 11.4. The standard InChI is InChI=1S/C10H15N3O3/c11-12-10(14)9-5-8(16-13-9)6-15-4-3-7-1-2-7/h5,7H,1-4,6,11H2,(H,12,14). The maximum atomic E-state index is 11.1. The molecular formula is C10H15N3O3. The second kappa shape index (κ2) is 5.09. The molecule has 0 radical (unpaired) electrons. The van der Waals surface area contributed by atoms with Crippen LogP contribution in [0.25, 0.3) is 0 Å². The number of nitrogens with zero attached hydrogens (tertiary/aromatic N) is 1. The molecule has 0 atom stereocenters. The Bertz CT molecular complexity index is 360. The van der Waals surface area contributed by atoms with Gasteiger partial charge < -0.3 is 9.26 Å². The highest BCUT2D eigenvalue weighted by atomic mass is 16.5. The Balaban J connectivity index is 1.71. The molecule has 3 N–H and O–H groups in total. The van der Waals surface area contributed by atoms with Gasteiger partial charge in [0.1, 0.15) is 6.61 Å². The molecule has 1 amide bonds. The number of amides is 1. The van der Waals surface area contributed by atoms with Crippen LogP contribution in [0.3, 0.4) is 0 Å². The number of aromatic nitrogens is 1. The second-order valence-corrected chi connectivity index (χ2v) is 3.94. The highest BCUT2D eigenvalue weighted by Crippen LogP contribution is 2.32. The summed E-state index contributed by atoms with van der Waals surface area (Å²) in [6.45, 7) is 1.07. The highest BCUT2D eigenvalue weighted by molar-refractivity contribution is 5.91. The Labute approximate surface area is 93.1 Å². The summed E-state index contributed by atoms with van der Waals surface area (Å²) in [5.74, 6) is 5.89. The Morgan fingerprint density at radius 1 is 1.69 bits per heavy atom. The zero-order valence-corrected chi connectivity index (χ0v) is 8.94. The van der Waals surface area contributed by atoms with Gasteiger partial charge in [-0.25, -0.2) is 5.84 Å². The van der Waals surface area contributed by atoms with Crippen molar-refractivity contribution in [3.05, 3.63) is 17.5 Å². The number of carbonyl (C=O) groups is 1. The van der Waals surface area contributed by atoms with Gasteiger partial charge >= 0.3 is 0 Å². The fourth-order valence-corrected chi connectivity index (χ4v) is 1.39. The van der Waals surface area contributed by atoms with Crippen LogP contribution in [0.2, 0.25) is 0 Å². The number of rotatable bonds is 6. The fraction of sp³-hybridized carbons (Fsp3) is 0.600. The van der Waals surface area contributed by atoms with Crippen molar-refractivity contribution in [1.29, 1.82) is 0 Å². The largest absolute Gasteiger partial charge is 0.373 e. The first-order valence-corrected chi connectivity index (χ1v) is 5.34. The van der Waals surface area contributed by atoms with Crippen molar-refractivity contribution >= 4 is 5.91 Å². The van der Waals surface area contributed by atoms with E-state index >= 15 is 0 Å². The van der Waals surface area contributed by atoms with Gasteiger partial charge in [-0.05, 0) is 12.3 Å². The van der Waals surface area contributed by atoms with Gasteiger partial charge in [0.15, 0.2) is 11.5 Å². The summed E-state index contributed by atoms with van der Waals surface area (Å²) in [7, 11) is 0. The van der Waals surface area contributed by atoms with Gasteiger partial charge in [0, 0.05) is 12.7 Å². The first-order chi connectivity index (χ1) is 7.79. The van der Waals surface area contributed by atoms with Crippen LogP contribution < -0.4 is 11.3 Å². The summed E-state index contributed by atoms with van der Waals surface area (Å²) in [4.78, 5) is 11.1. The SMILES string of the molecule is NNC(=O)c1cc(COCCC2CC2)on1. The second-order valence-electron chi connectivity index (χ2n) is 3.94. The predicted molar refractivity (Wildman–Crippen MR) is 55.2 cm³/mol. The molecule has 1 aliphatic rings. The molecule has 2 rings (SSSR count). The normalized spacial score (nSPS) is 15.1. The maximum Gasteiger partial charge on any atom is 0.287 e. The van der Waals surface area contributed by atoms with Gasteiger partial charge in [0.2, 0.25) is 0 Å². The van der Waals surface area contributed by atoms with Crippen LogP contribution in [-0.2, 0) is 11.3 Å². The minimum Gasteiger partial charge on any atom is -0.373 e. The third-order valence-electron chi connectivity index (χ3n) is 2.53. The van der Waals surface area contributed by atoms with Crippen LogP contribution in [0.15, 0.2) is 10.6 Å². The smallest absolute Gasteiger partial charge is 0.287 e. The Morgan fingerprint density at radius 2 is 2.50 bits per heavy atom. The number of nitrogens with two attached hydrogens (primary N) is 1. The van der Waals surface area contributed by atoms with E-state index in [9.17, 15) is 4.79 Å². The van der Waals surface area contributed by atoms with Crippen LogP contribution in [0.1, 0.15) is 35.5 Å². The Hall–Kier alpha value is -1.40. The molecule has 0 saturated heterocycles. The van der Waals surface area contributed by atoms with E-state index in [1.807, 2.05) is 5.43 Å². The van der Waals surface area contributed by atoms with Crippen LogP contribution in [0.5, 0.6) is 0 Å². The molecule has 0 bridgehead atoms. The number of hydrogen-bond acceptors (Lipinski definition) is 5. The molecule has 6 heteroatoms. The van der Waals surface area contributed by atoms with Crippen molar-refractivity contribution in [3.8, 4) is 0 Å². The fourth-order valence-electron chi connectivity index (χ4n) is 1.39. The lowest BCUT2D eigenvalue weighted by Crippen LogP contribution is -2.30. The van der Waals surface area contributed by atoms with Gasteiger partial charge in [-0.15, -0.1) is 0 Å².